The fourth-order valence-electron chi connectivity index (χ4n) is 1.20. The minimum atomic E-state index is 0.752. The Morgan fingerprint density at radius 1 is 1.38 bits per heavy atom. The summed E-state index contributed by atoms with van der Waals surface area (Å²) in [6.07, 6.45) is 5.30. The number of nitrogens with zero attached hydrogens (tertiary/aromatic N) is 1. The van der Waals surface area contributed by atoms with Crippen molar-refractivity contribution in [3.63, 3.8) is 0 Å². The van der Waals surface area contributed by atoms with Crippen LogP contribution in [-0.2, 0) is 0 Å². The van der Waals surface area contributed by atoms with Crippen LogP contribution in [0.5, 0.6) is 5.75 Å². The third kappa shape index (κ3) is 3.61. The molecule has 1 rings (SSSR count). The molecule has 3 nitrogen and oxygen atoms in total. The van der Waals surface area contributed by atoms with Gasteiger partial charge in [-0.1, -0.05) is 12.7 Å². The van der Waals surface area contributed by atoms with Crippen LogP contribution in [0.2, 0.25) is 0 Å². The van der Waals surface area contributed by atoms with E-state index in [0.717, 1.165) is 17.3 Å². The van der Waals surface area contributed by atoms with Crippen molar-refractivity contribution in [1.82, 2.24) is 0 Å². The van der Waals surface area contributed by atoms with Gasteiger partial charge in [0.1, 0.15) is 11.6 Å². The van der Waals surface area contributed by atoms with E-state index >= 15 is 0 Å². The van der Waals surface area contributed by atoms with E-state index in [4.69, 9.17) is 4.74 Å². The highest BCUT2D eigenvalue weighted by Gasteiger charge is 1.96. The molecular formula is C13H16N2O. The Hall–Kier alpha value is -2.03. The summed E-state index contributed by atoms with van der Waals surface area (Å²) in [5.74, 6) is 1.58. The van der Waals surface area contributed by atoms with Crippen molar-refractivity contribution in [2.75, 3.05) is 12.4 Å². The van der Waals surface area contributed by atoms with E-state index < -0.39 is 0 Å². The van der Waals surface area contributed by atoms with E-state index in [0.29, 0.717) is 0 Å². The largest absolute Gasteiger partial charge is 0.497 e. The number of rotatable bonds is 4. The number of nitrogens with one attached hydrogen (secondary N) is 1. The summed E-state index contributed by atoms with van der Waals surface area (Å²) in [4.78, 5) is 4.10. The summed E-state index contributed by atoms with van der Waals surface area (Å²) in [7, 11) is 1.65. The quantitative estimate of drug-likeness (QED) is 0.619. The summed E-state index contributed by atoms with van der Waals surface area (Å²) < 4.78 is 5.08. The highest BCUT2D eigenvalue weighted by molar-refractivity contribution is 6.04. The predicted octanol–water partition coefficient (Wildman–Crippen LogP) is 3.23. The van der Waals surface area contributed by atoms with Gasteiger partial charge in [-0.15, -0.1) is 0 Å². The highest BCUT2D eigenvalue weighted by atomic mass is 16.5. The van der Waals surface area contributed by atoms with Gasteiger partial charge in [0, 0.05) is 11.9 Å². The fourth-order valence-corrected chi connectivity index (χ4v) is 1.20. The minimum absolute atomic E-state index is 0.752. The molecule has 1 aromatic rings. The van der Waals surface area contributed by atoms with Crippen LogP contribution >= 0.6 is 0 Å². The lowest BCUT2D eigenvalue weighted by Gasteiger charge is -2.06. The zero-order chi connectivity index (χ0) is 11.8. The van der Waals surface area contributed by atoms with E-state index in [1.54, 1.807) is 7.11 Å². The molecule has 0 radical (unpaired) electrons. The molecule has 0 aliphatic rings. The number of ether oxygens (including phenoxy) is 1. The van der Waals surface area contributed by atoms with E-state index in [2.05, 4.69) is 16.9 Å². The maximum atomic E-state index is 5.08. The Balaban J connectivity index is 2.77. The lowest BCUT2D eigenvalue weighted by Crippen LogP contribution is -2.08. The molecule has 0 spiro atoms. The van der Waals surface area contributed by atoms with Crippen molar-refractivity contribution >= 4 is 11.5 Å². The minimum Gasteiger partial charge on any atom is -0.497 e. The zero-order valence-corrected chi connectivity index (χ0v) is 9.60. The monoisotopic (exact) mass is 216 g/mol. The fraction of sp³-hybridized carbons (Fsp3) is 0.154. The SMILES string of the molecule is C=CN=C(/C=C\C)Nc1ccc(OC)cc1. The maximum absolute atomic E-state index is 5.08. The number of benzene rings is 1. The van der Waals surface area contributed by atoms with Crippen molar-refractivity contribution in [2.45, 2.75) is 6.92 Å². The van der Waals surface area contributed by atoms with E-state index in [1.807, 2.05) is 43.3 Å². The van der Waals surface area contributed by atoms with Crippen LogP contribution in [0.25, 0.3) is 0 Å². The van der Waals surface area contributed by atoms with Crippen LogP contribution in [0, 0.1) is 0 Å². The molecule has 16 heavy (non-hydrogen) atoms. The summed E-state index contributed by atoms with van der Waals surface area (Å²) in [5, 5.41) is 3.17. The van der Waals surface area contributed by atoms with Crippen molar-refractivity contribution in [1.29, 1.82) is 0 Å². The molecule has 3 heteroatoms. The molecule has 0 heterocycles. The van der Waals surface area contributed by atoms with Gasteiger partial charge < -0.3 is 10.1 Å². The van der Waals surface area contributed by atoms with Gasteiger partial charge in [-0.25, -0.2) is 4.99 Å². The lowest BCUT2D eigenvalue weighted by atomic mass is 10.3. The van der Waals surface area contributed by atoms with Gasteiger partial charge in [-0.05, 0) is 37.3 Å². The van der Waals surface area contributed by atoms with Gasteiger partial charge in [0.25, 0.3) is 0 Å². The molecule has 84 valence electrons. The van der Waals surface area contributed by atoms with Crippen LogP contribution in [0.15, 0.2) is 54.2 Å². The van der Waals surface area contributed by atoms with Crippen molar-refractivity contribution in [3.8, 4) is 5.75 Å². The summed E-state index contributed by atoms with van der Waals surface area (Å²) >= 11 is 0. The molecule has 0 fully saturated rings. The van der Waals surface area contributed by atoms with E-state index in [1.165, 1.54) is 6.20 Å². The Labute approximate surface area is 96.2 Å². The average molecular weight is 216 g/mol. The topological polar surface area (TPSA) is 33.6 Å². The van der Waals surface area contributed by atoms with Gasteiger partial charge in [0.05, 0.1) is 7.11 Å². The smallest absolute Gasteiger partial charge is 0.129 e. The van der Waals surface area contributed by atoms with Gasteiger partial charge in [-0.3, -0.25) is 0 Å². The molecule has 0 unspecified atom stereocenters. The Morgan fingerprint density at radius 3 is 2.56 bits per heavy atom. The first-order chi connectivity index (χ1) is 7.80. The van der Waals surface area contributed by atoms with Crippen LogP contribution < -0.4 is 10.1 Å². The number of hydrogen-bond donors (Lipinski definition) is 1. The average Bonchev–Trinajstić information content (AvgIpc) is 2.31. The molecule has 0 bridgehead atoms. The van der Waals surface area contributed by atoms with Crippen LogP contribution in [0.3, 0.4) is 0 Å². The first kappa shape index (κ1) is 12.0. The number of hydrogen-bond acceptors (Lipinski definition) is 2. The number of methoxy groups -OCH3 is 1. The van der Waals surface area contributed by atoms with Crippen LogP contribution in [0.4, 0.5) is 5.69 Å². The standard InChI is InChI=1S/C13H16N2O/c1-4-6-13(14-5-2)15-11-7-9-12(16-3)10-8-11/h4-10H,2H2,1,3H3,(H,14,15)/b6-4-. The molecule has 0 atom stereocenters. The molecule has 0 saturated carbocycles. The van der Waals surface area contributed by atoms with Gasteiger partial charge >= 0.3 is 0 Å². The van der Waals surface area contributed by atoms with Gasteiger partial charge in [-0.2, -0.15) is 0 Å². The van der Waals surface area contributed by atoms with Crippen molar-refractivity contribution in [3.05, 3.63) is 49.2 Å². The third-order valence-electron chi connectivity index (χ3n) is 1.92. The highest BCUT2D eigenvalue weighted by Crippen LogP contribution is 2.15. The number of amidine groups is 1. The Bertz CT molecular complexity index is 391. The number of anilines is 1. The zero-order valence-electron chi connectivity index (χ0n) is 9.60. The van der Waals surface area contributed by atoms with E-state index in [9.17, 15) is 0 Å². The molecule has 0 aliphatic heterocycles. The molecule has 0 aromatic heterocycles. The normalized spacial score (nSPS) is 11.5. The predicted molar refractivity (Wildman–Crippen MR) is 69.1 cm³/mol. The first-order valence-corrected chi connectivity index (χ1v) is 5.02. The molecule has 0 amide bonds. The molecule has 1 aromatic carbocycles. The maximum Gasteiger partial charge on any atom is 0.129 e. The second-order valence-electron chi connectivity index (χ2n) is 3.05. The first-order valence-electron chi connectivity index (χ1n) is 5.02. The Morgan fingerprint density at radius 2 is 2.06 bits per heavy atom. The number of allylic oxidation sites excluding steroid dienone is 1. The summed E-state index contributed by atoms with van der Waals surface area (Å²) in [5.41, 5.74) is 0.958. The van der Waals surface area contributed by atoms with Crippen molar-refractivity contribution < 1.29 is 4.74 Å². The molecule has 0 aliphatic carbocycles. The molecule has 0 saturated heterocycles. The Kier molecular flexibility index (Phi) is 4.86. The van der Waals surface area contributed by atoms with Crippen LogP contribution in [0.1, 0.15) is 6.92 Å². The van der Waals surface area contributed by atoms with Gasteiger partial charge in [0.15, 0.2) is 0 Å². The third-order valence-corrected chi connectivity index (χ3v) is 1.92. The summed E-state index contributed by atoms with van der Waals surface area (Å²) in [6.45, 7) is 5.51. The number of aliphatic imine (C=N–C) groups is 1. The van der Waals surface area contributed by atoms with E-state index in [-0.39, 0.29) is 0 Å². The summed E-state index contributed by atoms with van der Waals surface area (Å²) in [6, 6.07) is 7.65. The molecular weight excluding hydrogens is 200 g/mol. The van der Waals surface area contributed by atoms with Gasteiger partial charge in [0.2, 0.25) is 0 Å². The second kappa shape index (κ2) is 6.45. The lowest BCUT2D eigenvalue weighted by molar-refractivity contribution is 0.415. The van der Waals surface area contributed by atoms with Crippen molar-refractivity contribution in [2.24, 2.45) is 4.99 Å². The van der Waals surface area contributed by atoms with Crippen LogP contribution in [-0.4, -0.2) is 12.9 Å². The molecule has 1 N–H and O–H groups in total. The second-order valence-corrected chi connectivity index (χ2v) is 3.05.